The van der Waals surface area contributed by atoms with Crippen LogP contribution in [0.3, 0.4) is 0 Å². The Kier molecular flexibility index (Phi) is 7.28. The number of carbonyl (C=O) groups is 2. The number of halogens is 5. The van der Waals surface area contributed by atoms with Crippen LogP contribution in [-0.4, -0.2) is 16.9 Å². The van der Waals surface area contributed by atoms with Gasteiger partial charge in [0, 0.05) is 11.8 Å². The van der Waals surface area contributed by atoms with Crippen molar-refractivity contribution in [2.45, 2.75) is 0 Å². The minimum absolute atomic E-state index is 0.00611. The second-order valence-corrected chi connectivity index (χ2v) is 7.65. The number of nitrogens with zero attached hydrogens (tertiary/aromatic N) is 1. The summed E-state index contributed by atoms with van der Waals surface area (Å²) in [4.78, 5) is 28.4. The first kappa shape index (κ1) is 22.5. The summed E-state index contributed by atoms with van der Waals surface area (Å²) in [5.74, 6) is -0.403. The minimum atomic E-state index is -0.793. The van der Waals surface area contributed by atoms with E-state index < -0.39 is 11.9 Å². The SMILES string of the molecule is O=C(NC(=O)c1c(Cl)cccc1Cl)Nc1cccc(Oc2ncc(Cl)c(Cl)c2Cl)c1. The van der Waals surface area contributed by atoms with Crippen LogP contribution < -0.4 is 15.4 Å². The molecule has 0 aliphatic carbocycles. The van der Waals surface area contributed by atoms with Gasteiger partial charge < -0.3 is 10.1 Å². The topological polar surface area (TPSA) is 80.3 Å². The molecule has 2 aromatic carbocycles. The Labute approximate surface area is 196 Å². The van der Waals surface area contributed by atoms with Crippen LogP contribution in [0.25, 0.3) is 0 Å². The zero-order valence-corrected chi connectivity index (χ0v) is 18.5. The maximum Gasteiger partial charge on any atom is 0.326 e. The lowest BCUT2D eigenvalue weighted by atomic mass is 10.2. The lowest BCUT2D eigenvalue weighted by molar-refractivity contribution is 0.0967. The summed E-state index contributed by atoms with van der Waals surface area (Å²) in [7, 11) is 0. The smallest absolute Gasteiger partial charge is 0.326 e. The monoisotopic (exact) mass is 503 g/mol. The molecule has 3 amide bonds. The fourth-order valence-electron chi connectivity index (χ4n) is 2.29. The quantitative estimate of drug-likeness (QED) is 0.396. The van der Waals surface area contributed by atoms with Gasteiger partial charge in [0.05, 0.1) is 31.9 Å². The number of anilines is 1. The Morgan fingerprint density at radius 3 is 2.23 bits per heavy atom. The number of amides is 3. The highest BCUT2D eigenvalue weighted by atomic mass is 35.5. The van der Waals surface area contributed by atoms with Gasteiger partial charge in [0.15, 0.2) is 0 Å². The van der Waals surface area contributed by atoms with Crippen molar-refractivity contribution in [2.24, 2.45) is 0 Å². The molecule has 1 heterocycles. The molecule has 0 unspecified atom stereocenters. The second kappa shape index (κ2) is 9.73. The largest absolute Gasteiger partial charge is 0.437 e. The predicted molar refractivity (Wildman–Crippen MR) is 119 cm³/mol. The van der Waals surface area contributed by atoms with E-state index in [4.69, 9.17) is 62.7 Å². The van der Waals surface area contributed by atoms with Gasteiger partial charge in [0.25, 0.3) is 5.91 Å². The van der Waals surface area contributed by atoms with Crippen molar-refractivity contribution in [1.82, 2.24) is 10.3 Å². The molecule has 3 aromatic rings. The van der Waals surface area contributed by atoms with Gasteiger partial charge >= 0.3 is 6.03 Å². The summed E-state index contributed by atoms with van der Waals surface area (Å²) in [5.41, 5.74) is 0.327. The molecule has 0 radical (unpaired) electrons. The lowest BCUT2D eigenvalue weighted by Gasteiger charge is -2.11. The van der Waals surface area contributed by atoms with E-state index in [2.05, 4.69) is 15.6 Å². The highest BCUT2D eigenvalue weighted by molar-refractivity contribution is 6.48. The number of benzene rings is 2. The van der Waals surface area contributed by atoms with Gasteiger partial charge in [0.2, 0.25) is 5.88 Å². The lowest BCUT2D eigenvalue weighted by Crippen LogP contribution is -2.34. The molecule has 0 saturated carbocycles. The van der Waals surface area contributed by atoms with Crippen LogP contribution in [0.5, 0.6) is 11.6 Å². The number of nitrogens with one attached hydrogen (secondary N) is 2. The molecular formula is C19H10Cl5N3O3. The average Bonchev–Trinajstić information content (AvgIpc) is 2.68. The first-order chi connectivity index (χ1) is 14.3. The fourth-order valence-corrected chi connectivity index (χ4v) is 3.37. The third kappa shape index (κ3) is 5.28. The van der Waals surface area contributed by atoms with Gasteiger partial charge in [-0.15, -0.1) is 0 Å². The Morgan fingerprint density at radius 2 is 1.53 bits per heavy atom. The van der Waals surface area contributed by atoms with Gasteiger partial charge in [-0.2, -0.15) is 0 Å². The molecule has 0 spiro atoms. The molecule has 0 aliphatic rings. The normalized spacial score (nSPS) is 10.4. The molecule has 30 heavy (non-hydrogen) atoms. The van der Waals surface area contributed by atoms with Crippen molar-refractivity contribution in [3.05, 3.63) is 79.3 Å². The van der Waals surface area contributed by atoms with Gasteiger partial charge in [-0.05, 0) is 24.3 Å². The molecule has 11 heteroatoms. The molecule has 0 fully saturated rings. The van der Waals surface area contributed by atoms with E-state index in [0.717, 1.165) is 0 Å². The number of aromatic nitrogens is 1. The summed E-state index contributed by atoms with van der Waals surface area (Å²) < 4.78 is 5.59. The van der Waals surface area contributed by atoms with E-state index in [1.54, 1.807) is 24.3 Å². The Morgan fingerprint density at radius 1 is 0.867 bits per heavy atom. The first-order valence-corrected chi connectivity index (χ1v) is 9.99. The number of pyridine rings is 1. The molecule has 154 valence electrons. The summed E-state index contributed by atoms with van der Waals surface area (Å²) in [6.45, 7) is 0. The molecule has 3 rings (SSSR count). The van der Waals surface area contributed by atoms with E-state index in [0.29, 0.717) is 11.4 Å². The maximum atomic E-state index is 12.3. The summed E-state index contributed by atoms with van der Waals surface area (Å²) in [6, 6.07) is 10.1. The van der Waals surface area contributed by atoms with Gasteiger partial charge in [-0.3, -0.25) is 10.1 Å². The van der Waals surface area contributed by atoms with Crippen molar-refractivity contribution < 1.29 is 14.3 Å². The predicted octanol–water partition coefficient (Wildman–Crippen LogP) is 7.10. The van der Waals surface area contributed by atoms with Gasteiger partial charge in [-0.25, -0.2) is 9.78 Å². The minimum Gasteiger partial charge on any atom is -0.437 e. The Bertz CT molecular complexity index is 1120. The van der Waals surface area contributed by atoms with Crippen LogP contribution in [0.15, 0.2) is 48.7 Å². The summed E-state index contributed by atoms with van der Waals surface area (Å²) >= 11 is 29.8. The molecule has 6 nitrogen and oxygen atoms in total. The third-order valence-corrected chi connectivity index (χ3v) is 5.46. The van der Waals surface area contributed by atoms with E-state index in [9.17, 15) is 9.59 Å². The van der Waals surface area contributed by atoms with Gasteiger partial charge in [0.1, 0.15) is 10.8 Å². The molecule has 0 atom stereocenters. The van der Waals surface area contributed by atoms with E-state index in [-0.39, 0.29) is 36.6 Å². The maximum absolute atomic E-state index is 12.3. The van der Waals surface area contributed by atoms with Gasteiger partial charge in [-0.1, -0.05) is 70.1 Å². The number of ether oxygens (including phenoxy) is 1. The van der Waals surface area contributed by atoms with Crippen LogP contribution in [0, 0.1) is 0 Å². The molecule has 2 N–H and O–H groups in total. The van der Waals surface area contributed by atoms with Crippen molar-refractivity contribution in [3.63, 3.8) is 0 Å². The van der Waals surface area contributed by atoms with Crippen LogP contribution in [0.1, 0.15) is 10.4 Å². The molecule has 0 bridgehead atoms. The molecule has 0 aliphatic heterocycles. The number of carbonyl (C=O) groups excluding carboxylic acids is 2. The van der Waals surface area contributed by atoms with Crippen LogP contribution in [0.2, 0.25) is 25.1 Å². The zero-order valence-electron chi connectivity index (χ0n) is 14.7. The van der Waals surface area contributed by atoms with Crippen LogP contribution in [0.4, 0.5) is 10.5 Å². The number of rotatable bonds is 4. The van der Waals surface area contributed by atoms with Crippen molar-refractivity contribution in [3.8, 4) is 11.6 Å². The van der Waals surface area contributed by atoms with Crippen molar-refractivity contribution in [1.29, 1.82) is 0 Å². The number of hydrogen-bond donors (Lipinski definition) is 2. The standard InChI is InChI=1S/C19H10Cl5N3O3/c20-11-5-2-6-12(21)14(11)17(28)27-19(29)26-9-3-1-4-10(7-9)30-18-16(24)15(23)13(22)8-25-18/h1-8H,(H2,26,27,28,29). The highest BCUT2D eigenvalue weighted by Gasteiger charge is 2.17. The molecule has 0 saturated heterocycles. The molecule has 1 aromatic heterocycles. The number of hydrogen-bond acceptors (Lipinski definition) is 4. The van der Waals surface area contributed by atoms with E-state index in [1.807, 2.05) is 0 Å². The number of urea groups is 1. The fraction of sp³-hybridized carbons (Fsp3) is 0. The second-order valence-electron chi connectivity index (χ2n) is 5.67. The summed E-state index contributed by atoms with van der Waals surface area (Å²) in [6.07, 6.45) is 1.30. The third-order valence-electron chi connectivity index (χ3n) is 3.61. The molecular weight excluding hydrogens is 495 g/mol. The summed E-state index contributed by atoms with van der Waals surface area (Å²) in [5, 5.41) is 5.23. The van der Waals surface area contributed by atoms with Crippen LogP contribution >= 0.6 is 58.0 Å². The van der Waals surface area contributed by atoms with E-state index in [1.165, 1.54) is 24.4 Å². The van der Waals surface area contributed by atoms with E-state index >= 15 is 0 Å². The zero-order chi connectivity index (χ0) is 21.8. The van der Waals surface area contributed by atoms with Crippen molar-refractivity contribution >= 4 is 75.6 Å². The van der Waals surface area contributed by atoms with Crippen molar-refractivity contribution in [2.75, 3.05) is 5.32 Å². The van der Waals surface area contributed by atoms with Crippen LogP contribution in [-0.2, 0) is 0 Å². The number of imide groups is 1. The average molecular weight is 506 g/mol. The first-order valence-electron chi connectivity index (χ1n) is 8.10. The Hall–Kier alpha value is -2.22. The highest BCUT2D eigenvalue weighted by Crippen LogP contribution is 2.37. The Balaban J connectivity index is 1.70.